The van der Waals surface area contributed by atoms with Crippen molar-refractivity contribution in [2.75, 3.05) is 5.32 Å². The molecule has 1 N–H and O–H groups in total. The number of aromatic nitrogens is 1. The first-order chi connectivity index (χ1) is 9.24. The Hall–Kier alpha value is -1.42. The number of benzene rings is 1. The molecule has 98 valence electrons. The van der Waals surface area contributed by atoms with Crippen molar-refractivity contribution >= 4 is 21.6 Å². The summed E-state index contributed by atoms with van der Waals surface area (Å²) in [5, 5.41) is 3.38. The van der Waals surface area contributed by atoms with E-state index in [0.717, 1.165) is 30.6 Å². The summed E-state index contributed by atoms with van der Waals surface area (Å²) in [6, 6.07) is 9.38. The van der Waals surface area contributed by atoms with Gasteiger partial charge in [-0.25, -0.2) is 4.39 Å². The quantitative estimate of drug-likeness (QED) is 0.882. The van der Waals surface area contributed by atoms with Crippen LogP contribution in [0.15, 0.2) is 41.0 Å². The van der Waals surface area contributed by atoms with Crippen molar-refractivity contribution in [1.29, 1.82) is 0 Å². The molecule has 2 aromatic rings. The van der Waals surface area contributed by atoms with E-state index in [9.17, 15) is 4.39 Å². The van der Waals surface area contributed by atoms with Gasteiger partial charge in [0.2, 0.25) is 0 Å². The Morgan fingerprint density at radius 3 is 3.05 bits per heavy atom. The fourth-order valence-electron chi connectivity index (χ4n) is 2.54. The molecule has 0 aliphatic heterocycles. The minimum Gasteiger partial charge on any atom is -0.377 e. The molecule has 0 spiro atoms. The molecule has 1 aliphatic rings. The molecule has 19 heavy (non-hydrogen) atoms. The van der Waals surface area contributed by atoms with E-state index in [-0.39, 0.29) is 11.9 Å². The van der Waals surface area contributed by atoms with Gasteiger partial charge in [-0.2, -0.15) is 0 Å². The van der Waals surface area contributed by atoms with Crippen LogP contribution in [0.2, 0.25) is 0 Å². The molecular formula is C15H14BrFN2. The van der Waals surface area contributed by atoms with Crippen molar-refractivity contribution in [1.82, 2.24) is 4.98 Å². The number of hydrogen-bond acceptors (Lipinski definition) is 2. The van der Waals surface area contributed by atoms with Gasteiger partial charge in [0.05, 0.1) is 16.2 Å². The normalized spacial score (nSPS) is 17.9. The molecule has 4 heteroatoms. The molecule has 1 aromatic carbocycles. The maximum Gasteiger partial charge on any atom is 0.139 e. The zero-order valence-corrected chi connectivity index (χ0v) is 12.0. The Morgan fingerprint density at radius 2 is 2.21 bits per heavy atom. The summed E-state index contributed by atoms with van der Waals surface area (Å²) >= 11 is 3.17. The number of rotatable bonds is 2. The van der Waals surface area contributed by atoms with Crippen molar-refractivity contribution in [2.45, 2.75) is 25.3 Å². The highest BCUT2D eigenvalue weighted by molar-refractivity contribution is 9.10. The van der Waals surface area contributed by atoms with Gasteiger partial charge in [-0.1, -0.05) is 6.07 Å². The maximum absolute atomic E-state index is 13.5. The zero-order chi connectivity index (χ0) is 13.2. The number of pyridine rings is 1. The van der Waals surface area contributed by atoms with Gasteiger partial charge in [0.25, 0.3) is 0 Å². The number of nitrogens with zero attached hydrogens (tertiary/aromatic N) is 1. The molecule has 2 nitrogen and oxygen atoms in total. The van der Waals surface area contributed by atoms with Crippen molar-refractivity contribution in [3.05, 3.63) is 58.1 Å². The molecule has 1 atom stereocenters. The summed E-state index contributed by atoms with van der Waals surface area (Å²) in [7, 11) is 0. The summed E-state index contributed by atoms with van der Waals surface area (Å²) in [6.07, 6.45) is 5.06. The van der Waals surface area contributed by atoms with Gasteiger partial charge < -0.3 is 5.32 Å². The van der Waals surface area contributed by atoms with Gasteiger partial charge in [-0.3, -0.25) is 4.98 Å². The highest BCUT2D eigenvalue weighted by Gasteiger charge is 2.21. The summed E-state index contributed by atoms with van der Waals surface area (Å²) in [4.78, 5) is 4.47. The van der Waals surface area contributed by atoms with Crippen molar-refractivity contribution in [2.24, 2.45) is 0 Å². The van der Waals surface area contributed by atoms with Gasteiger partial charge in [0.1, 0.15) is 5.82 Å². The molecule has 0 radical (unpaired) electrons. The Balaban J connectivity index is 1.86. The third-order valence-corrected chi connectivity index (χ3v) is 4.10. The molecule has 0 bridgehead atoms. The van der Waals surface area contributed by atoms with E-state index in [1.807, 2.05) is 18.3 Å². The molecule has 1 heterocycles. The van der Waals surface area contributed by atoms with Crippen molar-refractivity contribution in [3.8, 4) is 0 Å². The molecule has 0 fully saturated rings. The molecule has 3 rings (SSSR count). The number of halogens is 2. The number of anilines is 1. The minimum absolute atomic E-state index is 0.172. The molecule has 1 aromatic heterocycles. The molecule has 0 saturated heterocycles. The van der Waals surface area contributed by atoms with E-state index in [1.54, 1.807) is 6.07 Å². The van der Waals surface area contributed by atoms with Crippen LogP contribution >= 0.6 is 15.9 Å². The van der Waals surface area contributed by atoms with E-state index in [1.165, 1.54) is 11.6 Å². The predicted molar refractivity (Wildman–Crippen MR) is 77.6 cm³/mol. The largest absolute Gasteiger partial charge is 0.377 e. The van der Waals surface area contributed by atoms with Crippen LogP contribution in [0.1, 0.15) is 30.1 Å². The second-order valence-corrected chi connectivity index (χ2v) is 5.62. The number of fused-ring (bicyclic) bond motifs is 1. The lowest BCUT2D eigenvalue weighted by atomic mass is 9.92. The monoisotopic (exact) mass is 320 g/mol. The molecular weight excluding hydrogens is 307 g/mol. The van der Waals surface area contributed by atoms with E-state index in [2.05, 4.69) is 32.3 Å². The Kier molecular flexibility index (Phi) is 3.51. The minimum atomic E-state index is -0.248. The van der Waals surface area contributed by atoms with Crippen LogP contribution in [0.25, 0.3) is 0 Å². The average molecular weight is 321 g/mol. The van der Waals surface area contributed by atoms with Crippen LogP contribution in [0, 0.1) is 5.82 Å². The molecule has 1 unspecified atom stereocenters. The average Bonchev–Trinajstić information content (AvgIpc) is 2.43. The van der Waals surface area contributed by atoms with Gasteiger partial charge in [-0.05, 0) is 65.0 Å². The lowest BCUT2D eigenvalue weighted by Gasteiger charge is -2.26. The molecule has 1 aliphatic carbocycles. The lowest BCUT2D eigenvalue weighted by Crippen LogP contribution is -2.18. The highest BCUT2D eigenvalue weighted by atomic mass is 79.9. The SMILES string of the molecule is Fc1cc(NC2CCCc3cccnc32)ccc1Br. The van der Waals surface area contributed by atoms with Crippen molar-refractivity contribution in [3.63, 3.8) is 0 Å². The summed E-state index contributed by atoms with van der Waals surface area (Å²) in [6.45, 7) is 0. The van der Waals surface area contributed by atoms with Crippen LogP contribution < -0.4 is 5.32 Å². The predicted octanol–water partition coefficient (Wildman–Crippen LogP) is 4.47. The Morgan fingerprint density at radius 1 is 1.32 bits per heavy atom. The third-order valence-electron chi connectivity index (χ3n) is 3.46. The number of nitrogens with one attached hydrogen (secondary N) is 1. The first-order valence-electron chi connectivity index (χ1n) is 6.39. The van der Waals surface area contributed by atoms with Crippen LogP contribution in [0.4, 0.5) is 10.1 Å². The van der Waals surface area contributed by atoms with Gasteiger partial charge in [0, 0.05) is 11.9 Å². The first kappa shape index (κ1) is 12.6. The van der Waals surface area contributed by atoms with Gasteiger partial charge in [-0.15, -0.1) is 0 Å². The lowest BCUT2D eigenvalue weighted by molar-refractivity contribution is 0.581. The highest BCUT2D eigenvalue weighted by Crippen LogP contribution is 2.31. The maximum atomic E-state index is 13.5. The number of aryl methyl sites for hydroxylation is 1. The van der Waals surface area contributed by atoms with Crippen molar-refractivity contribution < 1.29 is 4.39 Å². The zero-order valence-electron chi connectivity index (χ0n) is 10.4. The Labute approximate surface area is 120 Å². The van der Waals surface area contributed by atoms with E-state index < -0.39 is 0 Å². The van der Waals surface area contributed by atoms with Crippen LogP contribution in [0.5, 0.6) is 0 Å². The Bertz CT molecular complexity index is 600. The fourth-order valence-corrected chi connectivity index (χ4v) is 2.78. The van der Waals surface area contributed by atoms with Crippen LogP contribution in [0.3, 0.4) is 0 Å². The smallest absolute Gasteiger partial charge is 0.139 e. The second-order valence-electron chi connectivity index (χ2n) is 4.77. The standard InChI is InChI=1S/C15H14BrFN2/c16-12-7-6-11(9-13(12)17)19-14-5-1-3-10-4-2-8-18-15(10)14/h2,4,6-9,14,19H,1,3,5H2. The molecule has 0 amide bonds. The topological polar surface area (TPSA) is 24.9 Å². The third kappa shape index (κ3) is 2.63. The second kappa shape index (κ2) is 5.29. The number of hydrogen-bond donors (Lipinski definition) is 1. The van der Waals surface area contributed by atoms with Crippen LogP contribution in [-0.4, -0.2) is 4.98 Å². The van der Waals surface area contributed by atoms with Crippen LogP contribution in [-0.2, 0) is 6.42 Å². The first-order valence-corrected chi connectivity index (χ1v) is 7.19. The summed E-state index contributed by atoms with van der Waals surface area (Å²) < 4.78 is 14.0. The van der Waals surface area contributed by atoms with Gasteiger partial charge in [0.15, 0.2) is 0 Å². The van der Waals surface area contributed by atoms with E-state index >= 15 is 0 Å². The summed E-state index contributed by atoms with van der Waals surface area (Å²) in [5.74, 6) is -0.248. The molecule has 0 saturated carbocycles. The fraction of sp³-hybridized carbons (Fsp3) is 0.267. The van der Waals surface area contributed by atoms with E-state index in [4.69, 9.17) is 0 Å². The summed E-state index contributed by atoms with van der Waals surface area (Å²) in [5.41, 5.74) is 3.19. The van der Waals surface area contributed by atoms with E-state index in [0.29, 0.717) is 4.47 Å². The van der Waals surface area contributed by atoms with Gasteiger partial charge >= 0.3 is 0 Å².